The summed E-state index contributed by atoms with van der Waals surface area (Å²) >= 11 is 1.31. The van der Waals surface area contributed by atoms with E-state index in [2.05, 4.69) is 20.6 Å². The molecule has 2 aromatic heterocycles. The average molecular weight is 300 g/mol. The van der Waals surface area contributed by atoms with Crippen LogP contribution >= 0.6 is 11.3 Å². The van der Waals surface area contributed by atoms with Gasteiger partial charge in [0.1, 0.15) is 5.01 Å². The van der Waals surface area contributed by atoms with Crippen molar-refractivity contribution in [3.8, 4) is 5.69 Å². The van der Waals surface area contributed by atoms with E-state index in [1.807, 2.05) is 19.1 Å². The second-order valence-corrected chi connectivity index (χ2v) is 5.50. The third kappa shape index (κ3) is 2.90. The van der Waals surface area contributed by atoms with Crippen molar-refractivity contribution in [1.29, 1.82) is 0 Å². The van der Waals surface area contributed by atoms with E-state index < -0.39 is 0 Å². The molecule has 3 rings (SSSR count). The average Bonchev–Trinajstić information content (AvgIpc) is 3.08. The lowest BCUT2D eigenvalue weighted by atomic mass is 10.3. The summed E-state index contributed by atoms with van der Waals surface area (Å²) in [6, 6.07) is 8.89. The number of aryl methyl sites for hydroxylation is 1. The van der Waals surface area contributed by atoms with Crippen molar-refractivity contribution < 1.29 is 4.79 Å². The number of amides is 1. The molecule has 0 spiro atoms. The Hall–Kier alpha value is -2.74. The first-order chi connectivity index (χ1) is 10.1. The fourth-order valence-corrected chi connectivity index (χ4v) is 2.35. The van der Waals surface area contributed by atoms with Crippen LogP contribution in [0.5, 0.6) is 0 Å². The quantitative estimate of drug-likeness (QED) is 0.719. The molecule has 1 aromatic carbocycles. The Bertz CT molecular complexity index is 793. The second kappa shape index (κ2) is 5.33. The number of benzene rings is 1. The first-order valence-electron chi connectivity index (χ1n) is 6.15. The van der Waals surface area contributed by atoms with Crippen LogP contribution in [0.4, 0.5) is 10.8 Å². The smallest absolute Gasteiger partial charge is 0.277 e. The van der Waals surface area contributed by atoms with E-state index in [4.69, 9.17) is 5.73 Å². The van der Waals surface area contributed by atoms with E-state index in [0.29, 0.717) is 16.5 Å². The van der Waals surface area contributed by atoms with Crippen molar-refractivity contribution in [1.82, 2.24) is 20.0 Å². The summed E-state index contributed by atoms with van der Waals surface area (Å²) < 4.78 is 1.59. The second-order valence-electron chi connectivity index (χ2n) is 4.32. The van der Waals surface area contributed by atoms with Crippen molar-refractivity contribution in [2.75, 3.05) is 11.1 Å². The van der Waals surface area contributed by atoms with Gasteiger partial charge in [-0.3, -0.25) is 10.1 Å². The van der Waals surface area contributed by atoms with Gasteiger partial charge in [-0.25, -0.2) is 4.68 Å². The van der Waals surface area contributed by atoms with Crippen LogP contribution < -0.4 is 11.1 Å². The summed E-state index contributed by atoms with van der Waals surface area (Å²) in [4.78, 5) is 12.1. The van der Waals surface area contributed by atoms with Gasteiger partial charge in [-0.1, -0.05) is 17.4 Å². The number of hydrogen-bond donors (Lipinski definition) is 2. The molecule has 0 bridgehead atoms. The molecule has 106 valence electrons. The Kier molecular flexibility index (Phi) is 3.36. The first-order valence-corrected chi connectivity index (χ1v) is 6.96. The number of hydrogen-bond acceptors (Lipinski definition) is 6. The van der Waals surface area contributed by atoms with Gasteiger partial charge in [0.05, 0.1) is 5.69 Å². The highest BCUT2D eigenvalue weighted by Gasteiger charge is 2.12. The molecule has 8 heteroatoms. The molecular weight excluding hydrogens is 288 g/mol. The molecule has 0 unspecified atom stereocenters. The molecule has 3 aromatic rings. The van der Waals surface area contributed by atoms with Crippen LogP contribution in [0.25, 0.3) is 5.69 Å². The number of carbonyl (C=O) groups excluding carboxylic acids is 1. The van der Waals surface area contributed by atoms with Crippen molar-refractivity contribution >= 4 is 28.1 Å². The fourth-order valence-electron chi connectivity index (χ4n) is 1.76. The normalized spacial score (nSPS) is 10.5. The van der Waals surface area contributed by atoms with Crippen LogP contribution in [-0.4, -0.2) is 25.9 Å². The lowest BCUT2D eigenvalue weighted by Gasteiger charge is -2.02. The predicted octanol–water partition coefficient (Wildman–Crippen LogP) is 1.87. The van der Waals surface area contributed by atoms with Crippen LogP contribution in [0.15, 0.2) is 36.5 Å². The van der Waals surface area contributed by atoms with Gasteiger partial charge < -0.3 is 5.73 Å². The van der Waals surface area contributed by atoms with E-state index in [-0.39, 0.29) is 5.91 Å². The zero-order valence-electron chi connectivity index (χ0n) is 11.1. The lowest BCUT2D eigenvalue weighted by molar-refractivity contribution is 0.102. The Morgan fingerprint density at radius 2 is 2.19 bits per heavy atom. The summed E-state index contributed by atoms with van der Waals surface area (Å²) in [6.45, 7) is 1.82. The third-order valence-corrected chi connectivity index (χ3v) is 3.46. The number of anilines is 2. The summed E-state index contributed by atoms with van der Waals surface area (Å²) in [6.07, 6.45) is 1.70. The molecule has 21 heavy (non-hydrogen) atoms. The molecule has 0 radical (unpaired) electrons. The third-order valence-electron chi connectivity index (χ3n) is 2.70. The molecule has 0 fully saturated rings. The molecule has 0 atom stereocenters. The van der Waals surface area contributed by atoms with Crippen LogP contribution in [0.3, 0.4) is 0 Å². The van der Waals surface area contributed by atoms with Gasteiger partial charge >= 0.3 is 0 Å². The standard InChI is InChI=1S/C13H12N6OS/c1-8-16-17-13(21-8)15-12(20)11-5-6-19(18-11)10-4-2-3-9(14)7-10/h2-7H,14H2,1H3,(H,15,17,20). The number of aromatic nitrogens is 4. The highest BCUT2D eigenvalue weighted by Crippen LogP contribution is 2.15. The molecule has 2 heterocycles. The van der Waals surface area contributed by atoms with Crippen molar-refractivity contribution in [2.45, 2.75) is 6.92 Å². The summed E-state index contributed by atoms with van der Waals surface area (Å²) in [5, 5.41) is 15.8. The van der Waals surface area contributed by atoms with E-state index >= 15 is 0 Å². The molecule has 0 aliphatic carbocycles. The van der Waals surface area contributed by atoms with Crippen LogP contribution in [0, 0.1) is 6.92 Å². The monoisotopic (exact) mass is 300 g/mol. The zero-order valence-corrected chi connectivity index (χ0v) is 12.0. The van der Waals surface area contributed by atoms with Gasteiger partial charge in [0.15, 0.2) is 5.69 Å². The number of nitrogens with two attached hydrogens (primary N) is 1. The van der Waals surface area contributed by atoms with Gasteiger partial charge in [0.25, 0.3) is 5.91 Å². The minimum Gasteiger partial charge on any atom is -0.399 e. The Morgan fingerprint density at radius 1 is 1.33 bits per heavy atom. The Labute approximate surface area is 124 Å². The SMILES string of the molecule is Cc1nnc(NC(=O)c2ccn(-c3cccc(N)c3)n2)s1. The number of nitrogen functional groups attached to an aromatic ring is 1. The van der Waals surface area contributed by atoms with Crippen LogP contribution in [0.2, 0.25) is 0 Å². The largest absolute Gasteiger partial charge is 0.399 e. The molecule has 0 aliphatic heterocycles. The number of rotatable bonds is 3. The minimum absolute atomic E-state index is 0.297. The lowest BCUT2D eigenvalue weighted by Crippen LogP contribution is -2.13. The van der Waals surface area contributed by atoms with Gasteiger partial charge in [0.2, 0.25) is 5.13 Å². The van der Waals surface area contributed by atoms with Crippen molar-refractivity contribution in [3.05, 3.63) is 47.2 Å². The number of nitrogens with zero attached hydrogens (tertiary/aromatic N) is 4. The van der Waals surface area contributed by atoms with E-state index in [0.717, 1.165) is 10.7 Å². The topological polar surface area (TPSA) is 98.7 Å². The van der Waals surface area contributed by atoms with Gasteiger partial charge in [-0.2, -0.15) is 5.10 Å². The molecule has 3 N–H and O–H groups in total. The highest BCUT2D eigenvalue weighted by molar-refractivity contribution is 7.15. The van der Waals surface area contributed by atoms with Gasteiger partial charge in [-0.05, 0) is 31.2 Å². The maximum atomic E-state index is 12.1. The molecule has 0 saturated heterocycles. The zero-order chi connectivity index (χ0) is 14.8. The van der Waals surface area contributed by atoms with Gasteiger partial charge in [0, 0.05) is 11.9 Å². The highest BCUT2D eigenvalue weighted by atomic mass is 32.1. The maximum absolute atomic E-state index is 12.1. The van der Waals surface area contributed by atoms with Crippen molar-refractivity contribution in [3.63, 3.8) is 0 Å². The maximum Gasteiger partial charge on any atom is 0.277 e. The molecule has 0 aliphatic rings. The molecule has 0 saturated carbocycles. The predicted molar refractivity (Wildman–Crippen MR) is 80.6 cm³/mol. The number of nitrogens with one attached hydrogen (secondary N) is 1. The Balaban J connectivity index is 1.80. The first kappa shape index (κ1) is 13.3. The van der Waals surface area contributed by atoms with Gasteiger partial charge in [-0.15, -0.1) is 10.2 Å². The van der Waals surface area contributed by atoms with E-state index in [1.54, 1.807) is 29.1 Å². The molecule has 1 amide bonds. The summed E-state index contributed by atoms with van der Waals surface area (Å²) in [5.74, 6) is -0.325. The number of carbonyl (C=O) groups is 1. The summed E-state index contributed by atoms with van der Waals surface area (Å²) in [7, 11) is 0. The fraction of sp³-hybridized carbons (Fsp3) is 0.0769. The minimum atomic E-state index is -0.325. The van der Waals surface area contributed by atoms with E-state index in [1.165, 1.54) is 11.3 Å². The molecule has 7 nitrogen and oxygen atoms in total. The molecular formula is C13H12N6OS. The van der Waals surface area contributed by atoms with E-state index in [9.17, 15) is 4.79 Å². The summed E-state index contributed by atoms with van der Waals surface area (Å²) in [5.41, 5.74) is 7.46. The van der Waals surface area contributed by atoms with Crippen LogP contribution in [-0.2, 0) is 0 Å². The van der Waals surface area contributed by atoms with Crippen molar-refractivity contribution in [2.24, 2.45) is 0 Å². The Morgan fingerprint density at radius 3 is 2.90 bits per heavy atom. The van der Waals surface area contributed by atoms with Crippen LogP contribution in [0.1, 0.15) is 15.5 Å².